The third-order valence-electron chi connectivity index (χ3n) is 3.19. The fourth-order valence-electron chi connectivity index (χ4n) is 2.05. The molecule has 0 aliphatic rings. The van der Waals surface area contributed by atoms with Crippen LogP contribution >= 0.6 is 11.3 Å². The maximum Gasteiger partial charge on any atom is 0.268 e. The van der Waals surface area contributed by atoms with Gasteiger partial charge in [0, 0.05) is 6.54 Å². The van der Waals surface area contributed by atoms with Crippen molar-refractivity contribution in [1.82, 2.24) is 10.3 Å². The predicted molar refractivity (Wildman–Crippen MR) is 85.2 cm³/mol. The number of primary sulfonamides is 1. The van der Waals surface area contributed by atoms with Crippen molar-refractivity contribution in [1.29, 1.82) is 0 Å². The first-order valence-electron chi connectivity index (χ1n) is 6.39. The van der Waals surface area contributed by atoms with E-state index in [-0.39, 0.29) is 10.8 Å². The van der Waals surface area contributed by atoms with E-state index in [1.807, 2.05) is 11.4 Å². The minimum absolute atomic E-state index is 0.0483. The number of carbonyl (C=O) groups excluding carboxylic acids is 1. The number of benzene rings is 1. The molecule has 6 nitrogen and oxygen atoms in total. The lowest BCUT2D eigenvalue weighted by Gasteiger charge is -2.05. The van der Waals surface area contributed by atoms with Gasteiger partial charge in [0.15, 0.2) is 0 Å². The lowest BCUT2D eigenvalue weighted by Crippen LogP contribution is -2.23. The van der Waals surface area contributed by atoms with Crippen LogP contribution in [0.25, 0.3) is 10.2 Å². The number of thiophene rings is 1. The van der Waals surface area contributed by atoms with Crippen molar-refractivity contribution >= 4 is 37.5 Å². The van der Waals surface area contributed by atoms with Crippen LogP contribution in [0.2, 0.25) is 0 Å². The van der Waals surface area contributed by atoms with E-state index in [9.17, 15) is 13.2 Å². The molecule has 114 valence electrons. The Kier molecular flexibility index (Phi) is 3.73. The van der Waals surface area contributed by atoms with Gasteiger partial charge in [-0.3, -0.25) is 4.79 Å². The third-order valence-corrected chi connectivity index (χ3v) is 4.98. The molecule has 4 N–H and O–H groups in total. The minimum Gasteiger partial charge on any atom is -0.350 e. The lowest BCUT2D eigenvalue weighted by atomic mass is 10.2. The fourth-order valence-corrected chi connectivity index (χ4v) is 3.34. The Labute approximate surface area is 131 Å². The Bertz CT molecular complexity index is 895. The van der Waals surface area contributed by atoms with Gasteiger partial charge in [-0.2, -0.15) is 0 Å². The summed E-state index contributed by atoms with van der Waals surface area (Å²) >= 11 is 1.56. The summed E-state index contributed by atoms with van der Waals surface area (Å²) in [6.45, 7) is 0.302. The zero-order chi connectivity index (χ0) is 15.7. The van der Waals surface area contributed by atoms with Gasteiger partial charge < -0.3 is 10.3 Å². The molecule has 0 unspecified atom stereocenters. The number of aromatic nitrogens is 1. The van der Waals surface area contributed by atoms with Crippen LogP contribution in [0.3, 0.4) is 0 Å². The van der Waals surface area contributed by atoms with Crippen LogP contribution in [0, 0.1) is 0 Å². The highest BCUT2D eigenvalue weighted by Crippen LogP contribution is 2.21. The van der Waals surface area contributed by atoms with E-state index < -0.39 is 10.0 Å². The summed E-state index contributed by atoms with van der Waals surface area (Å²) in [5.74, 6) is -0.209. The van der Waals surface area contributed by atoms with E-state index in [0.717, 1.165) is 15.8 Å². The van der Waals surface area contributed by atoms with Crippen molar-refractivity contribution in [2.45, 2.75) is 11.4 Å². The first-order valence-corrected chi connectivity index (χ1v) is 8.82. The first-order chi connectivity index (χ1) is 10.4. The van der Waals surface area contributed by atoms with Gasteiger partial charge in [0.2, 0.25) is 10.0 Å². The summed E-state index contributed by atoms with van der Waals surface area (Å²) in [7, 11) is -3.69. The van der Waals surface area contributed by atoms with Crippen molar-refractivity contribution in [3.63, 3.8) is 0 Å². The van der Waals surface area contributed by atoms with Gasteiger partial charge in [0.1, 0.15) is 5.69 Å². The van der Waals surface area contributed by atoms with Crippen LogP contribution in [-0.4, -0.2) is 19.3 Å². The molecular weight excluding hydrogens is 322 g/mol. The van der Waals surface area contributed by atoms with Crippen molar-refractivity contribution < 1.29 is 13.2 Å². The molecule has 0 aliphatic carbocycles. The molecule has 3 rings (SSSR count). The van der Waals surface area contributed by atoms with Crippen LogP contribution in [0.1, 0.15) is 16.1 Å². The monoisotopic (exact) mass is 335 g/mol. The molecule has 0 fully saturated rings. The summed E-state index contributed by atoms with van der Waals surface area (Å²) in [4.78, 5) is 15.1. The highest BCUT2D eigenvalue weighted by atomic mass is 32.2. The van der Waals surface area contributed by atoms with Crippen LogP contribution < -0.4 is 10.5 Å². The Hall–Kier alpha value is -2.16. The van der Waals surface area contributed by atoms with Crippen LogP contribution in [0.4, 0.5) is 0 Å². The molecule has 0 aliphatic heterocycles. The molecule has 3 aromatic rings. The van der Waals surface area contributed by atoms with E-state index in [4.69, 9.17) is 5.14 Å². The average molecular weight is 335 g/mol. The lowest BCUT2D eigenvalue weighted by molar-refractivity contribution is 0.0946. The van der Waals surface area contributed by atoms with E-state index in [0.29, 0.717) is 12.2 Å². The van der Waals surface area contributed by atoms with Crippen molar-refractivity contribution in [3.8, 4) is 0 Å². The van der Waals surface area contributed by atoms with Gasteiger partial charge in [-0.05, 0) is 35.2 Å². The van der Waals surface area contributed by atoms with E-state index in [2.05, 4.69) is 10.3 Å². The number of hydrogen-bond acceptors (Lipinski definition) is 4. The Balaban J connectivity index is 1.67. The van der Waals surface area contributed by atoms with Gasteiger partial charge in [0.25, 0.3) is 5.91 Å². The molecule has 0 saturated carbocycles. The number of nitrogens with one attached hydrogen (secondary N) is 2. The maximum absolute atomic E-state index is 12.1. The standard InChI is InChI=1S/C14H13N3O3S2/c15-22(19,20)10-3-1-9(2-4-10)8-16-14(18)12-7-13-11(17-12)5-6-21-13/h1-7,17H,8H2,(H,16,18)(H2,15,19,20). The van der Waals surface area contributed by atoms with Crippen LogP contribution in [0.5, 0.6) is 0 Å². The highest BCUT2D eigenvalue weighted by molar-refractivity contribution is 7.89. The minimum atomic E-state index is -3.69. The van der Waals surface area contributed by atoms with Crippen molar-refractivity contribution in [2.75, 3.05) is 0 Å². The molecule has 0 spiro atoms. The van der Waals surface area contributed by atoms with Crippen molar-refractivity contribution in [3.05, 3.63) is 53.0 Å². The smallest absolute Gasteiger partial charge is 0.268 e. The third kappa shape index (κ3) is 3.03. The van der Waals surface area contributed by atoms with Crippen LogP contribution in [0.15, 0.2) is 46.7 Å². The average Bonchev–Trinajstić information content (AvgIpc) is 3.05. The number of hydrogen-bond donors (Lipinski definition) is 3. The summed E-state index contributed by atoms with van der Waals surface area (Å²) < 4.78 is 23.4. The fraction of sp³-hybridized carbons (Fsp3) is 0.0714. The zero-order valence-corrected chi connectivity index (χ0v) is 13.0. The number of nitrogens with two attached hydrogens (primary N) is 1. The molecule has 1 aromatic carbocycles. The van der Waals surface area contributed by atoms with E-state index in [1.165, 1.54) is 12.1 Å². The number of carbonyl (C=O) groups is 1. The second-order valence-corrected chi connectivity index (χ2v) is 7.26. The van der Waals surface area contributed by atoms with Crippen molar-refractivity contribution in [2.24, 2.45) is 5.14 Å². The number of aromatic amines is 1. The first kappa shape index (κ1) is 14.8. The Morgan fingerprint density at radius 1 is 1.23 bits per heavy atom. The molecule has 2 aromatic heterocycles. The molecule has 2 heterocycles. The molecular formula is C14H13N3O3S2. The largest absolute Gasteiger partial charge is 0.350 e. The molecule has 0 saturated heterocycles. The number of fused-ring (bicyclic) bond motifs is 1. The normalized spacial score (nSPS) is 11.7. The topological polar surface area (TPSA) is 105 Å². The Morgan fingerprint density at radius 2 is 1.95 bits per heavy atom. The quantitative estimate of drug-likeness (QED) is 0.677. The molecule has 0 radical (unpaired) electrons. The number of sulfonamides is 1. The van der Waals surface area contributed by atoms with Gasteiger partial charge in [-0.1, -0.05) is 12.1 Å². The van der Waals surface area contributed by atoms with E-state index in [1.54, 1.807) is 29.5 Å². The Morgan fingerprint density at radius 3 is 2.59 bits per heavy atom. The van der Waals surface area contributed by atoms with Crippen LogP contribution in [-0.2, 0) is 16.6 Å². The number of rotatable bonds is 4. The summed E-state index contributed by atoms with van der Waals surface area (Å²) in [6.07, 6.45) is 0. The maximum atomic E-state index is 12.1. The number of amides is 1. The zero-order valence-electron chi connectivity index (χ0n) is 11.4. The molecule has 8 heteroatoms. The van der Waals surface area contributed by atoms with Gasteiger partial charge in [-0.25, -0.2) is 13.6 Å². The molecule has 0 bridgehead atoms. The van der Waals surface area contributed by atoms with Gasteiger partial charge in [-0.15, -0.1) is 11.3 Å². The summed E-state index contributed by atoms with van der Waals surface area (Å²) in [5, 5.41) is 9.76. The highest BCUT2D eigenvalue weighted by Gasteiger charge is 2.10. The summed E-state index contributed by atoms with van der Waals surface area (Å²) in [5.41, 5.74) is 2.23. The van der Waals surface area contributed by atoms with E-state index >= 15 is 0 Å². The van der Waals surface area contributed by atoms with Gasteiger partial charge in [0.05, 0.1) is 15.1 Å². The van der Waals surface area contributed by atoms with Gasteiger partial charge >= 0.3 is 0 Å². The second-order valence-electron chi connectivity index (χ2n) is 4.75. The second kappa shape index (κ2) is 5.56. The summed E-state index contributed by atoms with van der Waals surface area (Å²) in [6, 6.07) is 9.80. The molecule has 1 amide bonds. The number of H-pyrrole nitrogens is 1. The predicted octanol–water partition coefficient (Wildman–Crippen LogP) is 1.81. The SMILES string of the molecule is NS(=O)(=O)c1ccc(CNC(=O)c2cc3sccc3[nH]2)cc1. The molecule has 0 atom stereocenters. The molecule has 22 heavy (non-hydrogen) atoms.